The van der Waals surface area contributed by atoms with E-state index < -0.39 is 14.7 Å². The summed E-state index contributed by atoms with van der Waals surface area (Å²) in [5.74, 6) is -0.125. The number of hydrogen-bond acceptors (Lipinski definition) is 5. The molecule has 0 saturated carbocycles. The van der Waals surface area contributed by atoms with E-state index in [2.05, 4.69) is 72.9 Å². The highest BCUT2D eigenvalue weighted by atomic mass is 79.9. The van der Waals surface area contributed by atoms with Gasteiger partial charge in [0.25, 0.3) is 0 Å². The van der Waals surface area contributed by atoms with Gasteiger partial charge in [-0.1, -0.05) is 33.8 Å². The van der Waals surface area contributed by atoms with E-state index >= 15 is 0 Å². The fourth-order valence-electron chi connectivity index (χ4n) is 3.65. The van der Waals surface area contributed by atoms with E-state index in [-0.39, 0.29) is 22.6 Å². The van der Waals surface area contributed by atoms with Crippen molar-refractivity contribution in [3.63, 3.8) is 0 Å². The Morgan fingerprint density at radius 3 is 2.35 bits per heavy atom. The fourth-order valence-corrected chi connectivity index (χ4v) is 5.21. The predicted octanol–water partition coefficient (Wildman–Crippen LogP) is 8.52. The molecule has 0 bridgehead atoms. The van der Waals surface area contributed by atoms with Gasteiger partial charge in [0.05, 0.1) is 31.1 Å². The molecule has 0 amide bonds. The number of ether oxygens (including phenoxy) is 2. The number of benzene rings is 1. The van der Waals surface area contributed by atoms with Crippen LogP contribution in [-0.2, 0) is 4.43 Å². The number of methoxy groups -OCH3 is 1. The second-order valence-electron chi connectivity index (χ2n) is 10.4. The Balaban J connectivity index is 2.45. The third kappa shape index (κ3) is 7.97. The summed E-state index contributed by atoms with van der Waals surface area (Å²) in [7, 11) is -0.538. The van der Waals surface area contributed by atoms with Gasteiger partial charge in [0.1, 0.15) is 16.1 Å². The smallest absolute Gasteiger partial charge is 0.496 e. The molecule has 0 N–H and O–H groups in total. The maximum Gasteiger partial charge on any atom is 0.573 e. The van der Waals surface area contributed by atoms with Gasteiger partial charge in [0.2, 0.25) is 0 Å². The third-order valence-corrected chi connectivity index (χ3v) is 11.9. The van der Waals surface area contributed by atoms with Crippen LogP contribution in [0.1, 0.15) is 39.7 Å². The summed E-state index contributed by atoms with van der Waals surface area (Å²) in [6, 6.07) is 6.10. The summed E-state index contributed by atoms with van der Waals surface area (Å²) in [6.07, 6.45) is -2.07. The van der Waals surface area contributed by atoms with Crippen molar-refractivity contribution in [3.8, 4) is 22.8 Å². The molecule has 0 aliphatic heterocycles. The number of anilines is 1. The van der Waals surface area contributed by atoms with Crippen LogP contribution in [-0.4, -0.2) is 46.0 Å². The maximum absolute atomic E-state index is 12.7. The van der Waals surface area contributed by atoms with Crippen LogP contribution in [0.5, 0.6) is 11.5 Å². The minimum Gasteiger partial charge on any atom is -0.496 e. The highest BCUT2D eigenvalue weighted by Gasteiger charge is 2.38. The van der Waals surface area contributed by atoms with Gasteiger partial charge < -0.3 is 18.8 Å². The quantitative estimate of drug-likeness (QED) is 0.146. The summed E-state index contributed by atoms with van der Waals surface area (Å²) in [5.41, 5.74) is 2.89. The molecule has 0 aliphatic rings. The summed E-state index contributed by atoms with van der Waals surface area (Å²) in [5, 5.41) is 0.106. The molecule has 5 nitrogen and oxygen atoms in total. The van der Waals surface area contributed by atoms with Crippen molar-refractivity contribution in [1.82, 2.24) is 4.98 Å². The molecule has 0 fully saturated rings. The molecule has 1 aromatic heterocycles. The van der Waals surface area contributed by atoms with Crippen LogP contribution in [0.15, 0.2) is 41.5 Å². The van der Waals surface area contributed by atoms with E-state index in [0.29, 0.717) is 29.0 Å². The summed E-state index contributed by atoms with van der Waals surface area (Å²) in [6.45, 7) is 20.3. The first-order chi connectivity index (χ1) is 17.0. The van der Waals surface area contributed by atoms with Crippen molar-refractivity contribution in [2.45, 2.75) is 71.6 Å². The molecule has 0 radical (unpaired) electrons. The molecule has 37 heavy (non-hydrogen) atoms. The normalized spacial score (nSPS) is 13.3. The minimum absolute atomic E-state index is 0.101. The molecule has 0 spiro atoms. The standard InChI is InChI=1S/C27H38BrF3N2O3Si/c1-10-14-33(19(11-2)17-35-37(8,9)26(4,5)6)22-15-18(3)24(32-25(22)28)21-13-12-20(16-23(21)34-7)36-27(29,30)31/h10,12-13,15-16,19H,1,11,14,17H2,2-9H3/t19-/m0/s1. The summed E-state index contributed by atoms with van der Waals surface area (Å²) in [4.78, 5) is 7.02. The second-order valence-corrected chi connectivity index (χ2v) is 16.0. The topological polar surface area (TPSA) is 43.8 Å². The van der Waals surface area contributed by atoms with Crippen molar-refractivity contribution < 1.29 is 27.1 Å². The number of alkyl halides is 3. The highest BCUT2D eigenvalue weighted by Crippen LogP contribution is 2.40. The summed E-state index contributed by atoms with van der Waals surface area (Å²) >= 11 is 3.64. The van der Waals surface area contributed by atoms with Crippen LogP contribution >= 0.6 is 15.9 Å². The second kappa shape index (κ2) is 12.2. The van der Waals surface area contributed by atoms with Crippen LogP contribution in [0.25, 0.3) is 11.3 Å². The lowest BCUT2D eigenvalue weighted by Gasteiger charge is -2.40. The Morgan fingerprint density at radius 2 is 1.84 bits per heavy atom. The monoisotopic (exact) mass is 602 g/mol. The Hall–Kier alpha value is -2.04. The number of rotatable bonds is 11. The van der Waals surface area contributed by atoms with Crippen molar-refractivity contribution in [3.05, 3.63) is 47.1 Å². The van der Waals surface area contributed by atoms with Crippen molar-refractivity contribution in [1.29, 1.82) is 0 Å². The first-order valence-corrected chi connectivity index (χ1v) is 15.9. The van der Waals surface area contributed by atoms with E-state index in [1.807, 2.05) is 19.1 Å². The zero-order chi connectivity index (χ0) is 28.2. The van der Waals surface area contributed by atoms with Crippen LogP contribution in [0.2, 0.25) is 18.1 Å². The zero-order valence-corrected chi connectivity index (χ0v) is 25.5. The molecule has 0 aliphatic carbocycles. The molecule has 1 heterocycles. The van der Waals surface area contributed by atoms with Crippen LogP contribution < -0.4 is 14.4 Å². The number of nitrogens with zero attached hydrogens (tertiary/aromatic N) is 2. The highest BCUT2D eigenvalue weighted by molar-refractivity contribution is 9.10. The van der Waals surface area contributed by atoms with Gasteiger partial charge in [-0.2, -0.15) is 0 Å². The maximum atomic E-state index is 12.7. The molecular formula is C27H38BrF3N2O3Si. The van der Waals surface area contributed by atoms with Crippen LogP contribution in [0.3, 0.4) is 0 Å². The van der Waals surface area contributed by atoms with Crippen molar-refractivity contribution in [2.75, 3.05) is 25.2 Å². The number of aromatic nitrogens is 1. The number of pyridine rings is 1. The molecule has 0 saturated heterocycles. The van der Waals surface area contributed by atoms with E-state index in [0.717, 1.165) is 17.7 Å². The van der Waals surface area contributed by atoms with Gasteiger partial charge in [-0.25, -0.2) is 4.98 Å². The number of aryl methyl sites for hydroxylation is 1. The van der Waals surface area contributed by atoms with Gasteiger partial charge in [0, 0.05) is 18.2 Å². The third-order valence-electron chi connectivity index (χ3n) is 6.80. The Morgan fingerprint density at radius 1 is 1.19 bits per heavy atom. The minimum atomic E-state index is -4.79. The molecule has 206 valence electrons. The van der Waals surface area contributed by atoms with Crippen molar-refractivity contribution in [2.24, 2.45) is 0 Å². The molecule has 2 aromatic rings. The molecular weight excluding hydrogens is 565 g/mol. The van der Waals surface area contributed by atoms with Gasteiger partial charge in [0.15, 0.2) is 8.32 Å². The lowest BCUT2D eigenvalue weighted by Crippen LogP contribution is -2.46. The first kappa shape index (κ1) is 31.2. The van der Waals surface area contributed by atoms with Crippen LogP contribution in [0, 0.1) is 6.92 Å². The Labute approximate surface area is 228 Å². The number of hydrogen-bond donors (Lipinski definition) is 0. The average molecular weight is 604 g/mol. The Bertz CT molecular complexity index is 1090. The fraction of sp³-hybridized carbons (Fsp3) is 0.519. The van der Waals surface area contributed by atoms with E-state index in [4.69, 9.17) is 14.1 Å². The van der Waals surface area contributed by atoms with Crippen molar-refractivity contribution >= 4 is 29.9 Å². The SMILES string of the molecule is C=CCN(c1cc(C)c(-c2ccc(OC(F)(F)F)cc2OC)nc1Br)[C@@H](CC)CO[Si](C)(C)C(C)(C)C. The van der Waals surface area contributed by atoms with E-state index in [1.54, 1.807) is 0 Å². The lowest BCUT2D eigenvalue weighted by molar-refractivity contribution is -0.274. The van der Waals surface area contributed by atoms with E-state index in [9.17, 15) is 13.2 Å². The van der Waals surface area contributed by atoms with Gasteiger partial charge in [-0.15, -0.1) is 19.8 Å². The van der Waals surface area contributed by atoms with Gasteiger partial charge in [-0.05, 0) is 71.2 Å². The zero-order valence-electron chi connectivity index (χ0n) is 22.9. The van der Waals surface area contributed by atoms with Gasteiger partial charge in [-0.3, -0.25) is 0 Å². The predicted molar refractivity (Wildman–Crippen MR) is 150 cm³/mol. The largest absolute Gasteiger partial charge is 0.573 e. The lowest BCUT2D eigenvalue weighted by atomic mass is 10.0. The van der Waals surface area contributed by atoms with Crippen LogP contribution in [0.4, 0.5) is 18.9 Å². The molecule has 1 atom stereocenters. The first-order valence-electron chi connectivity index (χ1n) is 12.2. The molecule has 1 aromatic carbocycles. The Kier molecular flexibility index (Phi) is 10.3. The molecule has 2 rings (SSSR count). The molecule has 10 heteroatoms. The summed E-state index contributed by atoms with van der Waals surface area (Å²) < 4.78 is 54.6. The van der Waals surface area contributed by atoms with Gasteiger partial charge >= 0.3 is 6.36 Å². The van der Waals surface area contributed by atoms with E-state index in [1.165, 1.54) is 25.3 Å². The average Bonchev–Trinajstić information content (AvgIpc) is 2.78. The number of halogens is 4. The molecule has 0 unspecified atom stereocenters.